The van der Waals surface area contributed by atoms with Gasteiger partial charge in [-0.1, -0.05) is 46.8 Å². The second-order valence-corrected chi connectivity index (χ2v) is 6.47. The third-order valence-corrected chi connectivity index (χ3v) is 3.87. The highest BCUT2D eigenvalue weighted by atomic mass is 16.5. The number of nitrogens with zero attached hydrogens (tertiary/aromatic N) is 1. The molecule has 0 bridgehead atoms. The van der Waals surface area contributed by atoms with Gasteiger partial charge in [0.2, 0.25) is 5.91 Å². The number of carbonyl (C=O) groups is 1. The first-order chi connectivity index (χ1) is 10.3. The van der Waals surface area contributed by atoms with Crippen LogP contribution >= 0.6 is 0 Å². The van der Waals surface area contributed by atoms with Gasteiger partial charge in [-0.2, -0.15) is 0 Å². The molecule has 1 N–H and O–H groups in total. The van der Waals surface area contributed by atoms with Gasteiger partial charge in [-0.05, 0) is 30.8 Å². The molecule has 0 aliphatic carbocycles. The Labute approximate surface area is 134 Å². The summed E-state index contributed by atoms with van der Waals surface area (Å²) in [5.41, 5.74) is 0.791. The summed E-state index contributed by atoms with van der Waals surface area (Å²) in [6.07, 6.45) is 0. The van der Waals surface area contributed by atoms with Gasteiger partial charge in [-0.15, -0.1) is 0 Å². The summed E-state index contributed by atoms with van der Waals surface area (Å²) >= 11 is 0. The van der Waals surface area contributed by atoms with Crippen molar-refractivity contribution >= 4 is 5.91 Å². The van der Waals surface area contributed by atoms with E-state index >= 15 is 0 Å². The van der Waals surface area contributed by atoms with E-state index in [-0.39, 0.29) is 17.4 Å². The van der Waals surface area contributed by atoms with E-state index in [2.05, 4.69) is 30.1 Å². The molecule has 1 aromatic rings. The van der Waals surface area contributed by atoms with Crippen LogP contribution in [0.3, 0.4) is 0 Å². The lowest BCUT2D eigenvalue weighted by molar-refractivity contribution is -0.128. The number of amides is 1. The van der Waals surface area contributed by atoms with Crippen molar-refractivity contribution in [1.29, 1.82) is 0 Å². The Morgan fingerprint density at radius 1 is 1.27 bits per heavy atom. The fourth-order valence-corrected chi connectivity index (χ4v) is 2.43. The van der Waals surface area contributed by atoms with Crippen LogP contribution in [0.5, 0.6) is 5.75 Å². The Balaban J connectivity index is 2.95. The molecule has 1 aromatic carbocycles. The molecule has 4 heteroatoms. The van der Waals surface area contributed by atoms with Crippen LogP contribution in [-0.2, 0) is 4.79 Å². The largest absolute Gasteiger partial charge is 0.497 e. The number of nitrogens with one attached hydrogen (secondary N) is 1. The third kappa shape index (κ3) is 5.02. The van der Waals surface area contributed by atoms with E-state index in [0.717, 1.165) is 24.4 Å². The smallest absolute Gasteiger partial charge is 0.225 e. The van der Waals surface area contributed by atoms with Crippen molar-refractivity contribution in [2.24, 2.45) is 5.41 Å². The number of benzene rings is 1. The Bertz CT molecular complexity index is 476. The van der Waals surface area contributed by atoms with E-state index in [1.165, 1.54) is 0 Å². The summed E-state index contributed by atoms with van der Waals surface area (Å²) in [4.78, 5) is 14.5. The predicted molar refractivity (Wildman–Crippen MR) is 91.1 cm³/mol. The number of carbonyl (C=O) groups excluding carboxylic acids is 1. The zero-order chi connectivity index (χ0) is 16.8. The molecule has 1 atom stereocenters. The van der Waals surface area contributed by atoms with E-state index in [1.807, 2.05) is 39.0 Å². The van der Waals surface area contributed by atoms with Gasteiger partial charge in [0.05, 0.1) is 13.2 Å². The lowest BCUT2D eigenvalue weighted by Gasteiger charge is -2.31. The fraction of sp³-hybridized carbons (Fsp3) is 0.611. The molecule has 0 heterocycles. The summed E-state index contributed by atoms with van der Waals surface area (Å²) < 4.78 is 5.33. The highest BCUT2D eigenvalue weighted by Crippen LogP contribution is 2.24. The van der Waals surface area contributed by atoms with Gasteiger partial charge in [0.15, 0.2) is 0 Å². The molecule has 124 valence electrons. The van der Waals surface area contributed by atoms with Crippen LogP contribution in [0, 0.1) is 5.41 Å². The molecule has 0 saturated heterocycles. The standard InChI is InChI=1S/C18H30N2O2/c1-7-20(8-2)16(13-19-17(21)18(3,4)5)14-10-9-11-15(12-14)22-6/h9-12,16H,7-8,13H2,1-6H3,(H,19,21). The average Bonchev–Trinajstić information content (AvgIpc) is 2.50. The van der Waals surface area contributed by atoms with Crippen LogP contribution < -0.4 is 10.1 Å². The van der Waals surface area contributed by atoms with E-state index in [9.17, 15) is 4.79 Å². The Kier molecular flexibility index (Phi) is 6.88. The number of hydrogen-bond acceptors (Lipinski definition) is 3. The molecule has 0 fully saturated rings. The number of likely N-dealkylation sites (N-methyl/N-ethyl adjacent to an activating group) is 1. The maximum absolute atomic E-state index is 12.2. The van der Waals surface area contributed by atoms with E-state index in [0.29, 0.717) is 6.54 Å². The van der Waals surface area contributed by atoms with Gasteiger partial charge in [0.25, 0.3) is 0 Å². The summed E-state index contributed by atoms with van der Waals surface area (Å²) in [5, 5.41) is 3.09. The second kappa shape index (κ2) is 8.18. The minimum Gasteiger partial charge on any atom is -0.497 e. The maximum Gasteiger partial charge on any atom is 0.225 e. The number of rotatable bonds is 7. The average molecular weight is 306 g/mol. The van der Waals surface area contributed by atoms with Gasteiger partial charge in [-0.25, -0.2) is 0 Å². The molecule has 1 amide bonds. The highest BCUT2D eigenvalue weighted by molar-refractivity contribution is 5.81. The Morgan fingerprint density at radius 2 is 1.91 bits per heavy atom. The van der Waals surface area contributed by atoms with Crippen LogP contribution in [0.25, 0.3) is 0 Å². The van der Waals surface area contributed by atoms with Crippen molar-refractivity contribution in [3.63, 3.8) is 0 Å². The molecular formula is C18H30N2O2. The van der Waals surface area contributed by atoms with Crippen molar-refractivity contribution < 1.29 is 9.53 Å². The van der Waals surface area contributed by atoms with Crippen LogP contribution in [0.4, 0.5) is 0 Å². The number of methoxy groups -OCH3 is 1. The summed E-state index contributed by atoms with van der Waals surface area (Å²) in [7, 11) is 1.67. The van der Waals surface area contributed by atoms with Gasteiger partial charge in [0.1, 0.15) is 5.75 Å². The molecule has 0 aromatic heterocycles. The Hall–Kier alpha value is -1.55. The zero-order valence-electron chi connectivity index (χ0n) is 14.8. The summed E-state index contributed by atoms with van der Waals surface area (Å²) in [5.74, 6) is 0.921. The SMILES string of the molecule is CCN(CC)C(CNC(=O)C(C)(C)C)c1cccc(OC)c1. The quantitative estimate of drug-likeness (QED) is 0.841. The van der Waals surface area contributed by atoms with Crippen molar-refractivity contribution in [2.45, 2.75) is 40.7 Å². The normalized spacial score (nSPS) is 13.0. The lowest BCUT2D eigenvalue weighted by Crippen LogP contribution is -2.42. The lowest BCUT2D eigenvalue weighted by atomic mass is 9.95. The van der Waals surface area contributed by atoms with Gasteiger partial charge < -0.3 is 10.1 Å². The molecule has 0 aliphatic heterocycles. The predicted octanol–water partition coefficient (Wildman–Crippen LogP) is 3.24. The van der Waals surface area contributed by atoms with Crippen LogP contribution in [-0.4, -0.2) is 37.6 Å². The topological polar surface area (TPSA) is 41.6 Å². The van der Waals surface area contributed by atoms with Gasteiger partial charge in [-0.3, -0.25) is 9.69 Å². The van der Waals surface area contributed by atoms with Crippen LogP contribution in [0.15, 0.2) is 24.3 Å². The molecule has 0 aliphatic rings. The van der Waals surface area contributed by atoms with Crippen LogP contribution in [0.2, 0.25) is 0 Å². The molecule has 0 radical (unpaired) electrons. The molecular weight excluding hydrogens is 276 g/mol. The van der Waals surface area contributed by atoms with E-state index < -0.39 is 0 Å². The van der Waals surface area contributed by atoms with Crippen LogP contribution in [0.1, 0.15) is 46.2 Å². The monoisotopic (exact) mass is 306 g/mol. The number of ether oxygens (including phenoxy) is 1. The van der Waals surface area contributed by atoms with Gasteiger partial charge >= 0.3 is 0 Å². The number of hydrogen-bond donors (Lipinski definition) is 1. The van der Waals surface area contributed by atoms with Crippen molar-refractivity contribution in [3.05, 3.63) is 29.8 Å². The molecule has 0 spiro atoms. The second-order valence-electron chi connectivity index (χ2n) is 6.47. The minimum absolute atomic E-state index is 0.0764. The minimum atomic E-state index is -0.373. The highest BCUT2D eigenvalue weighted by Gasteiger charge is 2.24. The molecule has 1 unspecified atom stereocenters. The molecule has 1 rings (SSSR count). The first kappa shape index (κ1) is 18.5. The fourth-order valence-electron chi connectivity index (χ4n) is 2.43. The van der Waals surface area contributed by atoms with E-state index in [4.69, 9.17) is 4.74 Å². The maximum atomic E-state index is 12.2. The Morgan fingerprint density at radius 3 is 2.41 bits per heavy atom. The third-order valence-electron chi connectivity index (χ3n) is 3.87. The van der Waals surface area contributed by atoms with E-state index in [1.54, 1.807) is 7.11 Å². The first-order valence-corrected chi connectivity index (χ1v) is 7.99. The molecule has 0 saturated carbocycles. The zero-order valence-corrected chi connectivity index (χ0v) is 14.8. The van der Waals surface area contributed by atoms with Crippen molar-refractivity contribution in [2.75, 3.05) is 26.7 Å². The van der Waals surface area contributed by atoms with Crippen molar-refractivity contribution in [3.8, 4) is 5.75 Å². The first-order valence-electron chi connectivity index (χ1n) is 7.99. The summed E-state index contributed by atoms with van der Waals surface area (Å²) in [6.45, 7) is 12.5. The van der Waals surface area contributed by atoms with Crippen molar-refractivity contribution in [1.82, 2.24) is 10.2 Å². The molecule has 22 heavy (non-hydrogen) atoms. The van der Waals surface area contributed by atoms with Gasteiger partial charge in [0, 0.05) is 12.0 Å². The summed E-state index contributed by atoms with van der Waals surface area (Å²) in [6, 6.07) is 8.23. The molecule has 4 nitrogen and oxygen atoms in total.